The van der Waals surface area contributed by atoms with Crippen LogP contribution in [0.25, 0.3) is 0 Å². The molecular formula is C16H20ClN3OS. The topological polar surface area (TPSA) is 38.2 Å². The zero-order chi connectivity index (χ0) is 15.5. The first-order valence-electron chi connectivity index (χ1n) is 7.50. The molecule has 4 nitrogen and oxygen atoms in total. The third-order valence-electron chi connectivity index (χ3n) is 4.19. The molecule has 3 rings (SSSR count). The van der Waals surface area contributed by atoms with Gasteiger partial charge in [-0.2, -0.15) is 0 Å². The maximum Gasteiger partial charge on any atom is 0.208 e. The number of benzene rings is 1. The Kier molecular flexibility index (Phi) is 4.96. The predicted octanol–water partition coefficient (Wildman–Crippen LogP) is 3.64. The van der Waals surface area contributed by atoms with Gasteiger partial charge in [-0.15, -0.1) is 10.2 Å². The summed E-state index contributed by atoms with van der Waals surface area (Å²) in [6.07, 6.45) is 2.20. The Bertz CT molecular complexity index is 616. The summed E-state index contributed by atoms with van der Waals surface area (Å²) >= 11 is 7.58. The third kappa shape index (κ3) is 3.59. The second-order valence-corrected chi connectivity index (χ2v) is 7.24. The SMILES string of the molecule is COC1CN(c2nnc(Cc3ccc(Cl)cc3)s2)CCC1C. The van der Waals surface area contributed by atoms with Crippen molar-refractivity contribution in [1.29, 1.82) is 0 Å². The maximum atomic E-state index is 5.92. The Hall–Kier alpha value is -1.17. The van der Waals surface area contributed by atoms with Crippen molar-refractivity contribution in [3.63, 3.8) is 0 Å². The highest BCUT2D eigenvalue weighted by Crippen LogP contribution is 2.28. The van der Waals surface area contributed by atoms with Crippen LogP contribution >= 0.6 is 22.9 Å². The van der Waals surface area contributed by atoms with Gasteiger partial charge in [0.05, 0.1) is 6.10 Å². The van der Waals surface area contributed by atoms with E-state index in [0.29, 0.717) is 5.92 Å². The van der Waals surface area contributed by atoms with E-state index in [1.54, 1.807) is 18.4 Å². The molecule has 0 aliphatic carbocycles. The van der Waals surface area contributed by atoms with Gasteiger partial charge in [0.15, 0.2) is 0 Å². The zero-order valence-corrected chi connectivity index (χ0v) is 14.4. The Morgan fingerprint density at radius 2 is 2.09 bits per heavy atom. The van der Waals surface area contributed by atoms with Gasteiger partial charge >= 0.3 is 0 Å². The molecule has 1 aliphatic rings. The molecule has 0 amide bonds. The number of hydrogen-bond donors (Lipinski definition) is 0. The first-order valence-corrected chi connectivity index (χ1v) is 8.69. The van der Waals surface area contributed by atoms with Gasteiger partial charge in [-0.25, -0.2) is 0 Å². The number of ether oxygens (including phenoxy) is 1. The lowest BCUT2D eigenvalue weighted by molar-refractivity contribution is 0.0498. The van der Waals surface area contributed by atoms with Crippen LogP contribution < -0.4 is 4.90 Å². The van der Waals surface area contributed by atoms with Crippen LogP contribution in [-0.4, -0.2) is 36.5 Å². The number of nitrogens with zero attached hydrogens (tertiary/aromatic N) is 3. The summed E-state index contributed by atoms with van der Waals surface area (Å²) in [5, 5.41) is 11.5. The predicted molar refractivity (Wildman–Crippen MR) is 91.0 cm³/mol. The molecule has 118 valence electrons. The van der Waals surface area contributed by atoms with Gasteiger partial charge in [0.1, 0.15) is 5.01 Å². The Labute approximate surface area is 140 Å². The lowest BCUT2D eigenvalue weighted by Crippen LogP contribution is -2.43. The van der Waals surface area contributed by atoms with E-state index in [4.69, 9.17) is 16.3 Å². The Balaban J connectivity index is 1.67. The fourth-order valence-electron chi connectivity index (χ4n) is 2.74. The van der Waals surface area contributed by atoms with E-state index in [-0.39, 0.29) is 6.10 Å². The minimum atomic E-state index is 0.275. The molecule has 2 aromatic rings. The molecule has 2 unspecified atom stereocenters. The normalized spacial score (nSPS) is 22.0. The van der Waals surface area contributed by atoms with Crippen LogP contribution in [0.3, 0.4) is 0 Å². The molecule has 1 fully saturated rings. The number of halogens is 1. The van der Waals surface area contributed by atoms with Crippen LogP contribution in [0.2, 0.25) is 5.02 Å². The number of piperidine rings is 1. The van der Waals surface area contributed by atoms with Crippen molar-refractivity contribution in [2.45, 2.75) is 25.9 Å². The molecule has 1 aromatic heterocycles. The van der Waals surface area contributed by atoms with Crippen molar-refractivity contribution < 1.29 is 4.74 Å². The Morgan fingerprint density at radius 1 is 1.32 bits per heavy atom. The van der Waals surface area contributed by atoms with E-state index in [1.165, 1.54) is 5.56 Å². The van der Waals surface area contributed by atoms with Gasteiger partial charge in [0.25, 0.3) is 0 Å². The molecule has 0 bridgehead atoms. The molecule has 1 aliphatic heterocycles. The fourth-order valence-corrected chi connectivity index (χ4v) is 3.77. The minimum absolute atomic E-state index is 0.275. The first-order chi connectivity index (χ1) is 10.7. The van der Waals surface area contributed by atoms with Gasteiger partial charge in [0.2, 0.25) is 5.13 Å². The molecule has 2 heterocycles. The lowest BCUT2D eigenvalue weighted by Gasteiger charge is -2.35. The molecule has 1 saturated heterocycles. The number of anilines is 1. The van der Waals surface area contributed by atoms with Crippen LogP contribution in [0.1, 0.15) is 23.9 Å². The summed E-state index contributed by atoms with van der Waals surface area (Å²) < 4.78 is 5.57. The highest BCUT2D eigenvalue weighted by atomic mass is 35.5. The van der Waals surface area contributed by atoms with E-state index >= 15 is 0 Å². The van der Waals surface area contributed by atoms with Crippen LogP contribution in [0.4, 0.5) is 5.13 Å². The summed E-state index contributed by atoms with van der Waals surface area (Å²) in [5.41, 5.74) is 1.20. The van der Waals surface area contributed by atoms with Crippen molar-refractivity contribution in [1.82, 2.24) is 10.2 Å². The molecule has 6 heteroatoms. The van der Waals surface area contributed by atoms with E-state index in [1.807, 2.05) is 24.3 Å². The van der Waals surface area contributed by atoms with Gasteiger partial charge in [-0.05, 0) is 30.0 Å². The van der Waals surface area contributed by atoms with Crippen LogP contribution in [0, 0.1) is 5.92 Å². The van der Waals surface area contributed by atoms with E-state index in [2.05, 4.69) is 22.0 Å². The molecule has 0 saturated carbocycles. The van der Waals surface area contributed by atoms with E-state index < -0.39 is 0 Å². The van der Waals surface area contributed by atoms with Gasteiger partial charge in [-0.1, -0.05) is 42.0 Å². The molecule has 0 N–H and O–H groups in total. The fraction of sp³-hybridized carbons (Fsp3) is 0.500. The van der Waals surface area contributed by atoms with E-state index in [9.17, 15) is 0 Å². The molecule has 22 heavy (non-hydrogen) atoms. The summed E-state index contributed by atoms with van der Waals surface area (Å²) in [5.74, 6) is 0.600. The molecule has 1 aromatic carbocycles. The zero-order valence-electron chi connectivity index (χ0n) is 12.8. The van der Waals surface area contributed by atoms with Gasteiger partial charge in [0, 0.05) is 31.6 Å². The summed E-state index contributed by atoms with van der Waals surface area (Å²) in [4.78, 5) is 2.29. The Morgan fingerprint density at radius 3 is 2.82 bits per heavy atom. The lowest BCUT2D eigenvalue weighted by atomic mass is 9.96. The van der Waals surface area contributed by atoms with Gasteiger partial charge < -0.3 is 9.64 Å². The molecular weight excluding hydrogens is 318 g/mol. The van der Waals surface area contributed by atoms with Crippen LogP contribution in [-0.2, 0) is 11.2 Å². The smallest absolute Gasteiger partial charge is 0.208 e. The van der Waals surface area contributed by atoms with Crippen molar-refractivity contribution in [2.24, 2.45) is 5.92 Å². The first kappa shape index (κ1) is 15.7. The number of aromatic nitrogens is 2. The summed E-state index contributed by atoms with van der Waals surface area (Å²) in [7, 11) is 1.79. The van der Waals surface area contributed by atoms with Crippen molar-refractivity contribution in [3.05, 3.63) is 39.9 Å². The summed E-state index contributed by atoms with van der Waals surface area (Å²) in [6, 6.07) is 7.89. The van der Waals surface area contributed by atoms with Crippen molar-refractivity contribution in [3.8, 4) is 0 Å². The highest BCUT2D eigenvalue weighted by molar-refractivity contribution is 7.15. The third-order valence-corrected chi connectivity index (χ3v) is 5.42. The second kappa shape index (κ2) is 6.94. The monoisotopic (exact) mass is 337 g/mol. The molecule has 0 radical (unpaired) electrons. The molecule has 2 atom stereocenters. The van der Waals surface area contributed by atoms with Crippen LogP contribution in [0.5, 0.6) is 0 Å². The number of hydrogen-bond acceptors (Lipinski definition) is 5. The number of methoxy groups -OCH3 is 1. The van der Waals surface area contributed by atoms with Crippen LogP contribution in [0.15, 0.2) is 24.3 Å². The quantitative estimate of drug-likeness (QED) is 0.853. The van der Waals surface area contributed by atoms with E-state index in [0.717, 1.165) is 41.1 Å². The minimum Gasteiger partial charge on any atom is -0.379 e. The standard InChI is InChI=1S/C16H20ClN3OS/c1-11-7-8-20(10-14(11)21-2)16-19-18-15(22-16)9-12-3-5-13(17)6-4-12/h3-6,11,14H,7-10H2,1-2H3. The van der Waals surface area contributed by atoms with Gasteiger partial charge in [-0.3, -0.25) is 0 Å². The maximum absolute atomic E-state index is 5.92. The average Bonchev–Trinajstić information content (AvgIpc) is 2.98. The molecule has 0 spiro atoms. The largest absolute Gasteiger partial charge is 0.379 e. The number of rotatable bonds is 4. The van der Waals surface area contributed by atoms with Crippen molar-refractivity contribution in [2.75, 3.05) is 25.1 Å². The van der Waals surface area contributed by atoms with Crippen molar-refractivity contribution >= 4 is 28.1 Å². The highest BCUT2D eigenvalue weighted by Gasteiger charge is 2.27. The average molecular weight is 338 g/mol. The second-order valence-electron chi connectivity index (χ2n) is 5.77. The summed E-state index contributed by atoms with van der Waals surface area (Å²) in [6.45, 7) is 4.17.